The first-order valence-corrected chi connectivity index (χ1v) is 8.73. The molecule has 1 amide bonds. The normalized spacial score (nSPS) is 15.1. The second kappa shape index (κ2) is 10.1. The van der Waals surface area contributed by atoms with Crippen LogP contribution in [0.25, 0.3) is 0 Å². The average Bonchev–Trinajstić information content (AvgIpc) is 2.67. The van der Waals surface area contributed by atoms with Crippen molar-refractivity contribution in [1.82, 2.24) is 4.98 Å². The van der Waals surface area contributed by atoms with E-state index < -0.39 is 0 Å². The highest BCUT2D eigenvalue weighted by molar-refractivity contribution is 14.0. The Labute approximate surface area is 176 Å². The summed E-state index contributed by atoms with van der Waals surface area (Å²) in [5, 5.41) is 3.07. The number of aliphatic imine (C=N–C) groups is 1. The maximum Gasteiger partial charge on any atom is 0.220 e. The van der Waals surface area contributed by atoms with Gasteiger partial charge in [0, 0.05) is 36.5 Å². The molecule has 7 nitrogen and oxygen atoms in total. The van der Waals surface area contributed by atoms with E-state index in [1.54, 1.807) is 6.20 Å². The van der Waals surface area contributed by atoms with Crippen molar-refractivity contribution >= 4 is 47.3 Å². The molecule has 2 aromatic rings. The lowest BCUT2D eigenvalue weighted by Crippen LogP contribution is -2.39. The van der Waals surface area contributed by atoms with E-state index in [9.17, 15) is 4.79 Å². The van der Waals surface area contributed by atoms with E-state index in [0.29, 0.717) is 12.5 Å². The summed E-state index contributed by atoms with van der Waals surface area (Å²) >= 11 is 0. The third kappa shape index (κ3) is 5.81. The topological polar surface area (TPSA) is 110 Å². The standard InChI is InChI=1S/C19H24N6O.HI/c20-17(26)14-8-11-25(12-9-14)18-15(5-4-10-22-18)13-23-19(21)24-16-6-2-1-3-7-16;/h1-7,10,14H,8-9,11-13H2,(H2,20,26)(H3,21,23,24);1H. The summed E-state index contributed by atoms with van der Waals surface area (Å²) in [6, 6.07) is 13.6. The molecular weight excluding hydrogens is 455 g/mol. The number of rotatable bonds is 5. The van der Waals surface area contributed by atoms with Crippen LogP contribution < -0.4 is 21.7 Å². The molecule has 0 unspecified atom stereocenters. The number of hydrogen-bond acceptors (Lipinski definition) is 4. The summed E-state index contributed by atoms with van der Waals surface area (Å²) in [5.41, 5.74) is 13.3. The Bertz CT molecular complexity index is 775. The largest absolute Gasteiger partial charge is 0.370 e. The summed E-state index contributed by atoms with van der Waals surface area (Å²) < 4.78 is 0. The second-order valence-corrected chi connectivity index (χ2v) is 6.34. The Hall–Kier alpha value is -2.36. The van der Waals surface area contributed by atoms with E-state index in [1.165, 1.54) is 0 Å². The zero-order chi connectivity index (χ0) is 18.4. The van der Waals surface area contributed by atoms with Gasteiger partial charge >= 0.3 is 0 Å². The van der Waals surface area contributed by atoms with E-state index in [-0.39, 0.29) is 35.8 Å². The zero-order valence-corrected chi connectivity index (χ0v) is 17.4. The van der Waals surface area contributed by atoms with E-state index in [2.05, 4.69) is 20.2 Å². The highest BCUT2D eigenvalue weighted by atomic mass is 127. The van der Waals surface area contributed by atoms with Crippen LogP contribution in [0.1, 0.15) is 18.4 Å². The molecule has 1 aliphatic rings. The molecule has 0 radical (unpaired) electrons. The summed E-state index contributed by atoms with van der Waals surface area (Å²) in [7, 11) is 0. The number of nitrogens with zero attached hydrogens (tertiary/aromatic N) is 3. The monoisotopic (exact) mass is 480 g/mol. The van der Waals surface area contributed by atoms with Gasteiger partial charge in [-0.25, -0.2) is 9.98 Å². The summed E-state index contributed by atoms with van der Waals surface area (Å²) in [6.45, 7) is 1.96. The molecule has 1 saturated heterocycles. The number of aromatic nitrogens is 1. The van der Waals surface area contributed by atoms with Crippen LogP contribution in [0.3, 0.4) is 0 Å². The van der Waals surface area contributed by atoms with Gasteiger partial charge in [-0.1, -0.05) is 24.3 Å². The molecule has 2 heterocycles. The lowest BCUT2D eigenvalue weighted by Gasteiger charge is -2.32. The van der Waals surface area contributed by atoms with Crippen LogP contribution in [0, 0.1) is 5.92 Å². The van der Waals surface area contributed by atoms with Crippen molar-refractivity contribution in [1.29, 1.82) is 0 Å². The van der Waals surface area contributed by atoms with Crippen molar-refractivity contribution in [2.75, 3.05) is 23.3 Å². The summed E-state index contributed by atoms with van der Waals surface area (Å²) in [6.07, 6.45) is 3.28. The number of carbonyl (C=O) groups excluding carboxylic acids is 1. The first kappa shape index (κ1) is 20.9. The minimum absolute atomic E-state index is 0. The van der Waals surface area contributed by atoms with Gasteiger partial charge in [0.25, 0.3) is 0 Å². The Morgan fingerprint density at radius 1 is 1.15 bits per heavy atom. The van der Waals surface area contributed by atoms with E-state index in [1.807, 2.05) is 42.5 Å². The number of para-hydroxylation sites is 1. The number of carbonyl (C=O) groups is 1. The van der Waals surface area contributed by atoms with Gasteiger partial charge in [-0.05, 0) is 31.0 Å². The third-order valence-corrected chi connectivity index (χ3v) is 4.53. The molecule has 0 aliphatic carbocycles. The molecule has 144 valence electrons. The molecule has 0 bridgehead atoms. The number of amides is 1. The molecule has 3 rings (SSSR count). The number of benzene rings is 1. The molecule has 0 spiro atoms. The molecule has 1 fully saturated rings. The summed E-state index contributed by atoms with van der Waals surface area (Å²) in [5.74, 6) is 1.00. The van der Waals surface area contributed by atoms with Crippen LogP contribution in [0.15, 0.2) is 53.7 Å². The molecule has 1 aliphatic heterocycles. The van der Waals surface area contributed by atoms with Crippen molar-refractivity contribution in [2.45, 2.75) is 19.4 Å². The molecule has 0 saturated carbocycles. The quantitative estimate of drug-likeness (QED) is 0.346. The Morgan fingerprint density at radius 2 is 1.85 bits per heavy atom. The third-order valence-electron chi connectivity index (χ3n) is 4.53. The highest BCUT2D eigenvalue weighted by Gasteiger charge is 2.24. The van der Waals surface area contributed by atoms with Crippen molar-refractivity contribution in [3.63, 3.8) is 0 Å². The number of halogens is 1. The highest BCUT2D eigenvalue weighted by Crippen LogP contribution is 2.24. The van der Waals surface area contributed by atoms with Gasteiger partial charge in [0.15, 0.2) is 5.96 Å². The van der Waals surface area contributed by atoms with Gasteiger partial charge in [0.1, 0.15) is 5.82 Å². The van der Waals surface area contributed by atoms with E-state index in [0.717, 1.165) is 43.0 Å². The van der Waals surface area contributed by atoms with Gasteiger partial charge < -0.3 is 21.7 Å². The minimum atomic E-state index is -0.213. The number of primary amides is 1. The first-order valence-electron chi connectivity index (χ1n) is 8.73. The molecule has 27 heavy (non-hydrogen) atoms. The van der Waals surface area contributed by atoms with Crippen molar-refractivity contribution in [3.8, 4) is 0 Å². The van der Waals surface area contributed by atoms with Crippen molar-refractivity contribution in [3.05, 3.63) is 54.2 Å². The minimum Gasteiger partial charge on any atom is -0.370 e. The lowest BCUT2D eigenvalue weighted by molar-refractivity contribution is -0.122. The number of nitrogens with one attached hydrogen (secondary N) is 1. The van der Waals surface area contributed by atoms with Crippen molar-refractivity contribution in [2.24, 2.45) is 22.4 Å². The SMILES string of the molecule is I.NC(=O)C1CCN(c2ncccc2CN=C(N)Nc2ccccc2)CC1. The second-order valence-electron chi connectivity index (χ2n) is 6.34. The zero-order valence-electron chi connectivity index (χ0n) is 15.0. The van der Waals surface area contributed by atoms with Crippen molar-refractivity contribution < 1.29 is 4.79 Å². The van der Waals surface area contributed by atoms with Gasteiger partial charge in [-0.2, -0.15) is 0 Å². The predicted octanol–water partition coefficient (Wildman–Crippen LogP) is 2.33. The molecule has 5 N–H and O–H groups in total. The lowest BCUT2D eigenvalue weighted by atomic mass is 9.96. The van der Waals surface area contributed by atoms with E-state index in [4.69, 9.17) is 11.5 Å². The Kier molecular flexibility index (Phi) is 7.83. The van der Waals surface area contributed by atoms with Crippen LogP contribution in [-0.2, 0) is 11.3 Å². The van der Waals surface area contributed by atoms with Crippen LogP contribution in [0.5, 0.6) is 0 Å². The van der Waals surface area contributed by atoms with E-state index >= 15 is 0 Å². The number of anilines is 2. The maximum atomic E-state index is 11.3. The number of nitrogens with two attached hydrogens (primary N) is 2. The molecule has 1 aromatic heterocycles. The smallest absolute Gasteiger partial charge is 0.220 e. The molecule has 8 heteroatoms. The number of piperidine rings is 1. The van der Waals surface area contributed by atoms with Crippen LogP contribution >= 0.6 is 24.0 Å². The van der Waals surface area contributed by atoms with Gasteiger partial charge in [0.2, 0.25) is 5.91 Å². The first-order chi connectivity index (χ1) is 12.6. The van der Waals surface area contributed by atoms with Crippen LogP contribution in [0.4, 0.5) is 11.5 Å². The Morgan fingerprint density at radius 3 is 2.52 bits per heavy atom. The molecule has 0 atom stereocenters. The van der Waals surface area contributed by atoms with Crippen LogP contribution in [-0.4, -0.2) is 29.9 Å². The predicted molar refractivity (Wildman–Crippen MR) is 119 cm³/mol. The van der Waals surface area contributed by atoms with Gasteiger partial charge in [-0.15, -0.1) is 24.0 Å². The fraction of sp³-hybridized carbons (Fsp3) is 0.316. The van der Waals surface area contributed by atoms with Crippen LogP contribution in [0.2, 0.25) is 0 Å². The number of hydrogen-bond donors (Lipinski definition) is 3. The molecule has 1 aromatic carbocycles. The number of pyridine rings is 1. The van der Waals surface area contributed by atoms with Gasteiger partial charge in [-0.3, -0.25) is 4.79 Å². The molecular formula is C19H25IN6O. The van der Waals surface area contributed by atoms with Gasteiger partial charge in [0.05, 0.1) is 6.54 Å². The summed E-state index contributed by atoms with van der Waals surface area (Å²) in [4.78, 5) is 22.5. The fourth-order valence-electron chi connectivity index (χ4n) is 3.09. The average molecular weight is 480 g/mol. The maximum absolute atomic E-state index is 11.3. The Balaban J connectivity index is 0.00000261. The fourth-order valence-corrected chi connectivity index (χ4v) is 3.09. The number of guanidine groups is 1.